The first-order valence-electron chi connectivity index (χ1n) is 6.19. The first-order valence-corrected chi connectivity index (χ1v) is 6.19. The molecule has 1 saturated carbocycles. The Balaban J connectivity index is 1.91. The fourth-order valence-corrected chi connectivity index (χ4v) is 2.23. The lowest BCUT2D eigenvalue weighted by atomic mass is 9.97. The van der Waals surface area contributed by atoms with Gasteiger partial charge in [0, 0.05) is 12.2 Å². The lowest BCUT2D eigenvalue weighted by Gasteiger charge is -2.20. The number of nitrogens with one attached hydrogen (secondary N) is 1. The van der Waals surface area contributed by atoms with Crippen LogP contribution in [0, 0.1) is 0 Å². The molecule has 0 amide bonds. The van der Waals surface area contributed by atoms with Crippen LogP contribution in [0.2, 0.25) is 0 Å². The fraction of sp³-hybridized carbons (Fsp3) is 0.667. The van der Waals surface area contributed by atoms with Gasteiger partial charge in [-0.1, -0.05) is 32.1 Å². The number of hydrogen-bond acceptors (Lipinski definition) is 4. The topological polar surface area (TPSA) is 63.8 Å². The van der Waals surface area contributed by atoms with Gasteiger partial charge in [0.2, 0.25) is 5.95 Å². The maximum atomic E-state index is 5.63. The third kappa shape index (κ3) is 3.36. The zero-order valence-corrected chi connectivity index (χ0v) is 9.65. The van der Waals surface area contributed by atoms with Gasteiger partial charge >= 0.3 is 0 Å². The van der Waals surface area contributed by atoms with Crippen molar-refractivity contribution in [1.29, 1.82) is 0 Å². The average Bonchev–Trinajstić information content (AvgIpc) is 2.22. The van der Waals surface area contributed by atoms with E-state index < -0.39 is 0 Å². The molecule has 0 atom stereocenters. The number of rotatable bonds is 2. The van der Waals surface area contributed by atoms with Crippen molar-refractivity contribution in [2.45, 2.75) is 51.0 Å². The molecule has 88 valence electrons. The Morgan fingerprint density at radius 3 is 2.50 bits per heavy atom. The highest BCUT2D eigenvalue weighted by molar-refractivity contribution is 5.35. The maximum Gasteiger partial charge on any atom is 0.224 e. The molecule has 1 aliphatic carbocycles. The smallest absolute Gasteiger partial charge is 0.224 e. The first kappa shape index (κ1) is 11.2. The Labute approximate surface area is 96.7 Å². The monoisotopic (exact) mass is 220 g/mol. The Hall–Kier alpha value is -1.32. The molecule has 1 aliphatic rings. The second-order valence-corrected chi connectivity index (χ2v) is 4.49. The number of hydrogen-bond donors (Lipinski definition) is 2. The largest absolute Gasteiger partial charge is 0.384 e. The molecule has 0 radical (unpaired) electrons. The van der Waals surface area contributed by atoms with Gasteiger partial charge in [0.15, 0.2) is 0 Å². The van der Waals surface area contributed by atoms with Gasteiger partial charge in [-0.05, 0) is 18.9 Å². The van der Waals surface area contributed by atoms with E-state index in [0.29, 0.717) is 17.8 Å². The van der Waals surface area contributed by atoms with Crippen molar-refractivity contribution in [3.63, 3.8) is 0 Å². The van der Waals surface area contributed by atoms with Crippen LogP contribution in [-0.2, 0) is 0 Å². The standard InChI is InChI=1S/C12H20N4/c13-11-8-9-14-12(16-11)15-10-6-4-2-1-3-5-7-10/h8-10H,1-7H2,(H3,13,14,15,16). The first-order chi connectivity index (χ1) is 7.84. The summed E-state index contributed by atoms with van der Waals surface area (Å²) in [7, 11) is 0. The Morgan fingerprint density at radius 2 is 1.81 bits per heavy atom. The molecule has 0 unspecified atom stereocenters. The van der Waals surface area contributed by atoms with Crippen molar-refractivity contribution in [3.8, 4) is 0 Å². The molecule has 2 rings (SSSR count). The summed E-state index contributed by atoms with van der Waals surface area (Å²) < 4.78 is 0. The van der Waals surface area contributed by atoms with Gasteiger partial charge in [0.1, 0.15) is 5.82 Å². The van der Waals surface area contributed by atoms with Crippen LogP contribution in [0.25, 0.3) is 0 Å². The van der Waals surface area contributed by atoms with Crippen molar-refractivity contribution in [1.82, 2.24) is 9.97 Å². The highest BCUT2D eigenvalue weighted by Gasteiger charge is 2.11. The fourth-order valence-electron chi connectivity index (χ4n) is 2.23. The van der Waals surface area contributed by atoms with E-state index in [0.717, 1.165) is 0 Å². The van der Waals surface area contributed by atoms with E-state index in [1.807, 2.05) is 0 Å². The lowest BCUT2D eigenvalue weighted by molar-refractivity contribution is 0.470. The summed E-state index contributed by atoms with van der Waals surface area (Å²) in [5.74, 6) is 1.20. The van der Waals surface area contributed by atoms with Gasteiger partial charge < -0.3 is 11.1 Å². The average molecular weight is 220 g/mol. The maximum absolute atomic E-state index is 5.63. The molecule has 16 heavy (non-hydrogen) atoms. The zero-order chi connectivity index (χ0) is 11.2. The van der Waals surface area contributed by atoms with E-state index in [1.54, 1.807) is 12.3 Å². The molecular formula is C12H20N4. The molecular weight excluding hydrogens is 200 g/mol. The highest BCUT2D eigenvalue weighted by atomic mass is 15.1. The van der Waals surface area contributed by atoms with Gasteiger partial charge in [-0.25, -0.2) is 4.98 Å². The predicted octanol–water partition coefficient (Wildman–Crippen LogP) is 2.58. The van der Waals surface area contributed by atoms with Crippen molar-refractivity contribution < 1.29 is 0 Å². The summed E-state index contributed by atoms with van der Waals surface area (Å²) in [5.41, 5.74) is 5.63. The predicted molar refractivity (Wildman–Crippen MR) is 66.2 cm³/mol. The summed E-state index contributed by atoms with van der Waals surface area (Å²) in [6.07, 6.45) is 10.9. The molecule has 0 spiro atoms. The van der Waals surface area contributed by atoms with E-state index >= 15 is 0 Å². The molecule has 1 heterocycles. The quantitative estimate of drug-likeness (QED) is 0.804. The molecule has 4 heteroatoms. The van der Waals surface area contributed by atoms with Gasteiger partial charge in [-0.3, -0.25) is 0 Å². The SMILES string of the molecule is Nc1ccnc(NC2CCCCCCC2)n1. The van der Waals surface area contributed by atoms with E-state index in [-0.39, 0.29) is 0 Å². The number of anilines is 2. The van der Waals surface area contributed by atoms with Gasteiger partial charge in [-0.2, -0.15) is 4.98 Å². The second-order valence-electron chi connectivity index (χ2n) is 4.49. The summed E-state index contributed by atoms with van der Waals surface area (Å²) in [6, 6.07) is 2.23. The molecule has 3 N–H and O–H groups in total. The minimum Gasteiger partial charge on any atom is -0.384 e. The van der Waals surface area contributed by atoms with Crippen LogP contribution >= 0.6 is 0 Å². The van der Waals surface area contributed by atoms with Crippen LogP contribution in [0.3, 0.4) is 0 Å². The molecule has 4 nitrogen and oxygen atoms in total. The molecule has 1 aromatic rings. The molecule has 0 aromatic carbocycles. The summed E-state index contributed by atoms with van der Waals surface area (Å²) in [6.45, 7) is 0. The van der Waals surface area contributed by atoms with Crippen molar-refractivity contribution >= 4 is 11.8 Å². The van der Waals surface area contributed by atoms with E-state index in [9.17, 15) is 0 Å². The zero-order valence-electron chi connectivity index (χ0n) is 9.65. The van der Waals surface area contributed by atoms with Crippen molar-refractivity contribution in [2.24, 2.45) is 0 Å². The molecule has 0 saturated heterocycles. The summed E-state index contributed by atoms with van der Waals surface area (Å²) in [4.78, 5) is 8.36. The van der Waals surface area contributed by atoms with E-state index in [4.69, 9.17) is 5.73 Å². The number of aromatic nitrogens is 2. The minimum atomic E-state index is 0.516. The van der Waals surface area contributed by atoms with Crippen molar-refractivity contribution in [2.75, 3.05) is 11.1 Å². The molecule has 0 aliphatic heterocycles. The van der Waals surface area contributed by atoms with Crippen LogP contribution in [0.4, 0.5) is 11.8 Å². The second kappa shape index (κ2) is 5.68. The Bertz CT molecular complexity index is 319. The van der Waals surface area contributed by atoms with Crippen LogP contribution < -0.4 is 11.1 Å². The van der Waals surface area contributed by atoms with Gasteiger partial charge in [-0.15, -0.1) is 0 Å². The lowest BCUT2D eigenvalue weighted by Crippen LogP contribution is -2.22. The molecule has 1 fully saturated rings. The highest BCUT2D eigenvalue weighted by Crippen LogP contribution is 2.19. The molecule has 1 aromatic heterocycles. The number of nitrogens with zero attached hydrogens (tertiary/aromatic N) is 2. The van der Waals surface area contributed by atoms with Crippen LogP contribution in [0.5, 0.6) is 0 Å². The van der Waals surface area contributed by atoms with Crippen molar-refractivity contribution in [3.05, 3.63) is 12.3 Å². The Kier molecular flexibility index (Phi) is 3.97. The summed E-state index contributed by atoms with van der Waals surface area (Å²) >= 11 is 0. The minimum absolute atomic E-state index is 0.516. The number of nitrogen functional groups attached to an aromatic ring is 1. The van der Waals surface area contributed by atoms with E-state index in [2.05, 4.69) is 15.3 Å². The van der Waals surface area contributed by atoms with Gasteiger partial charge in [0.05, 0.1) is 0 Å². The van der Waals surface area contributed by atoms with Gasteiger partial charge in [0.25, 0.3) is 0 Å². The normalized spacial score (nSPS) is 18.8. The third-order valence-electron chi connectivity index (χ3n) is 3.12. The van der Waals surface area contributed by atoms with E-state index in [1.165, 1.54) is 44.9 Å². The van der Waals surface area contributed by atoms with Crippen LogP contribution in [0.15, 0.2) is 12.3 Å². The van der Waals surface area contributed by atoms with Crippen LogP contribution in [-0.4, -0.2) is 16.0 Å². The summed E-state index contributed by atoms with van der Waals surface area (Å²) in [5, 5.41) is 3.39. The number of nitrogens with two attached hydrogens (primary N) is 1. The Morgan fingerprint density at radius 1 is 1.12 bits per heavy atom. The molecule has 0 bridgehead atoms. The van der Waals surface area contributed by atoms with Crippen LogP contribution in [0.1, 0.15) is 44.9 Å². The third-order valence-corrected chi connectivity index (χ3v) is 3.12.